The van der Waals surface area contributed by atoms with Gasteiger partial charge in [-0.25, -0.2) is 0 Å². The summed E-state index contributed by atoms with van der Waals surface area (Å²) in [5.74, 6) is 0. The number of piperazine rings is 1. The predicted molar refractivity (Wildman–Crippen MR) is 81.5 cm³/mol. The first-order chi connectivity index (χ1) is 9.15. The summed E-state index contributed by atoms with van der Waals surface area (Å²) in [7, 11) is 2.18. The van der Waals surface area contributed by atoms with E-state index in [0.717, 1.165) is 35.1 Å². The summed E-state index contributed by atoms with van der Waals surface area (Å²) in [6.07, 6.45) is 3.71. The van der Waals surface area contributed by atoms with Crippen LogP contribution in [-0.2, 0) is 0 Å². The Bertz CT molecular complexity index is 601. The highest BCUT2D eigenvalue weighted by Crippen LogP contribution is 2.26. The molecule has 19 heavy (non-hydrogen) atoms. The number of aromatic nitrogens is 2. The van der Waals surface area contributed by atoms with Gasteiger partial charge in [-0.05, 0) is 42.0 Å². The molecule has 2 aromatic rings. The van der Waals surface area contributed by atoms with E-state index in [-0.39, 0.29) is 0 Å². The maximum absolute atomic E-state index is 4.54. The summed E-state index contributed by atoms with van der Waals surface area (Å²) in [4.78, 5) is 13.7. The van der Waals surface area contributed by atoms with Crippen molar-refractivity contribution in [1.29, 1.82) is 0 Å². The Morgan fingerprint density at radius 3 is 2.95 bits per heavy atom. The number of nitrogens with zero attached hydrogens (tertiary/aromatic N) is 4. The summed E-state index contributed by atoms with van der Waals surface area (Å²) < 4.78 is 0.969. The van der Waals surface area contributed by atoms with Crippen LogP contribution in [0.3, 0.4) is 0 Å². The van der Waals surface area contributed by atoms with Crippen molar-refractivity contribution in [2.45, 2.75) is 13.0 Å². The molecule has 1 aliphatic rings. The normalized spacial score (nSPS) is 21.0. The van der Waals surface area contributed by atoms with E-state index in [9.17, 15) is 0 Å². The van der Waals surface area contributed by atoms with Crippen molar-refractivity contribution in [1.82, 2.24) is 14.9 Å². The zero-order valence-corrected chi connectivity index (χ0v) is 12.8. The number of fused-ring (bicyclic) bond motifs is 1. The van der Waals surface area contributed by atoms with Crippen molar-refractivity contribution < 1.29 is 0 Å². The second-order valence-electron chi connectivity index (χ2n) is 5.13. The van der Waals surface area contributed by atoms with Crippen LogP contribution in [0.25, 0.3) is 11.0 Å². The van der Waals surface area contributed by atoms with Gasteiger partial charge < -0.3 is 9.80 Å². The predicted octanol–water partition coefficient (Wildman–Crippen LogP) is 2.53. The van der Waals surface area contributed by atoms with Crippen molar-refractivity contribution in [3.05, 3.63) is 29.0 Å². The van der Waals surface area contributed by atoms with E-state index in [1.165, 1.54) is 5.69 Å². The van der Waals surface area contributed by atoms with E-state index in [1.54, 1.807) is 0 Å². The third kappa shape index (κ3) is 2.44. The van der Waals surface area contributed by atoms with Crippen LogP contribution < -0.4 is 4.90 Å². The zero-order chi connectivity index (χ0) is 13.4. The van der Waals surface area contributed by atoms with Crippen molar-refractivity contribution >= 4 is 32.7 Å². The minimum atomic E-state index is 0.562. The highest BCUT2D eigenvalue weighted by molar-refractivity contribution is 9.10. The molecule has 5 heteroatoms. The van der Waals surface area contributed by atoms with Crippen molar-refractivity contribution in [3.63, 3.8) is 0 Å². The fraction of sp³-hybridized carbons (Fsp3) is 0.429. The first-order valence-corrected chi connectivity index (χ1v) is 7.30. The van der Waals surface area contributed by atoms with E-state index in [2.05, 4.69) is 55.7 Å². The molecular weight excluding hydrogens is 304 g/mol. The van der Waals surface area contributed by atoms with E-state index < -0.39 is 0 Å². The van der Waals surface area contributed by atoms with Crippen LogP contribution in [0.4, 0.5) is 5.69 Å². The van der Waals surface area contributed by atoms with Gasteiger partial charge in [0.1, 0.15) is 5.52 Å². The van der Waals surface area contributed by atoms with Crippen LogP contribution in [0, 0.1) is 0 Å². The Kier molecular flexibility index (Phi) is 3.41. The van der Waals surface area contributed by atoms with Crippen LogP contribution in [0.15, 0.2) is 29.0 Å². The second-order valence-corrected chi connectivity index (χ2v) is 6.04. The van der Waals surface area contributed by atoms with E-state index in [1.807, 2.05) is 18.5 Å². The zero-order valence-electron chi connectivity index (χ0n) is 11.2. The second kappa shape index (κ2) is 5.06. The summed E-state index contributed by atoms with van der Waals surface area (Å²) in [6.45, 7) is 5.42. The molecule has 1 atom stereocenters. The van der Waals surface area contributed by atoms with Crippen LogP contribution in [-0.4, -0.2) is 47.6 Å². The number of hydrogen-bond acceptors (Lipinski definition) is 4. The first-order valence-electron chi connectivity index (χ1n) is 6.50. The molecule has 3 rings (SSSR count). The van der Waals surface area contributed by atoms with Crippen LogP contribution >= 0.6 is 15.9 Å². The molecule has 0 spiro atoms. The summed E-state index contributed by atoms with van der Waals surface area (Å²) in [5.41, 5.74) is 3.12. The Hall–Kier alpha value is -1.20. The van der Waals surface area contributed by atoms with Crippen molar-refractivity contribution in [3.8, 4) is 0 Å². The molecular formula is C14H17BrN4. The van der Waals surface area contributed by atoms with Gasteiger partial charge in [0.05, 0.1) is 11.2 Å². The molecule has 0 bridgehead atoms. The summed E-state index contributed by atoms with van der Waals surface area (Å²) in [5, 5.41) is 0. The highest BCUT2D eigenvalue weighted by atomic mass is 79.9. The molecule has 2 aromatic heterocycles. The van der Waals surface area contributed by atoms with Gasteiger partial charge >= 0.3 is 0 Å². The third-order valence-corrected chi connectivity index (χ3v) is 4.26. The van der Waals surface area contributed by atoms with E-state index >= 15 is 0 Å². The molecule has 100 valence electrons. The van der Waals surface area contributed by atoms with Gasteiger partial charge in [-0.1, -0.05) is 0 Å². The van der Waals surface area contributed by atoms with Crippen LogP contribution in [0.5, 0.6) is 0 Å². The molecule has 0 radical (unpaired) electrons. The lowest BCUT2D eigenvalue weighted by molar-refractivity contribution is 0.234. The molecule has 0 saturated carbocycles. The standard InChI is InChI=1S/C14H17BrN4/c1-10-9-19(6-5-18(10)2)13-3-4-16-12-7-11(15)8-17-14(12)13/h3-4,7-8,10H,5-6,9H2,1-2H3. The average Bonchev–Trinajstić information content (AvgIpc) is 2.41. The molecule has 4 nitrogen and oxygen atoms in total. The summed E-state index contributed by atoms with van der Waals surface area (Å²) >= 11 is 3.45. The van der Waals surface area contributed by atoms with Gasteiger partial charge in [0, 0.05) is 42.5 Å². The van der Waals surface area contributed by atoms with Crippen LogP contribution in [0.1, 0.15) is 6.92 Å². The molecule has 0 amide bonds. The highest BCUT2D eigenvalue weighted by Gasteiger charge is 2.22. The third-order valence-electron chi connectivity index (χ3n) is 3.82. The average molecular weight is 321 g/mol. The maximum Gasteiger partial charge on any atom is 0.112 e. The van der Waals surface area contributed by atoms with Gasteiger partial charge in [0.25, 0.3) is 0 Å². The molecule has 1 aliphatic heterocycles. The number of halogens is 1. The Morgan fingerprint density at radius 2 is 2.16 bits per heavy atom. The number of likely N-dealkylation sites (N-methyl/N-ethyl adjacent to an activating group) is 1. The largest absolute Gasteiger partial charge is 0.367 e. The van der Waals surface area contributed by atoms with Crippen LogP contribution in [0.2, 0.25) is 0 Å². The molecule has 0 aliphatic carbocycles. The minimum Gasteiger partial charge on any atom is -0.367 e. The molecule has 1 fully saturated rings. The number of anilines is 1. The lowest BCUT2D eigenvalue weighted by atomic mass is 10.1. The lowest BCUT2D eigenvalue weighted by Gasteiger charge is -2.39. The maximum atomic E-state index is 4.54. The van der Waals surface area contributed by atoms with Crippen molar-refractivity contribution in [2.75, 3.05) is 31.6 Å². The molecule has 1 unspecified atom stereocenters. The van der Waals surface area contributed by atoms with Crippen molar-refractivity contribution in [2.24, 2.45) is 0 Å². The van der Waals surface area contributed by atoms with Gasteiger partial charge in [-0.3, -0.25) is 9.97 Å². The number of rotatable bonds is 1. The van der Waals surface area contributed by atoms with Gasteiger partial charge in [-0.2, -0.15) is 0 Å². The molecule has 3 heterocycles. The fourth-order valence-electron chi connectivity index (χ4n) is 2.51. The molecule has 1 saturated heterocycles. The quantitative estimate of drug-likeness (QED) is 0.808. The smallest absolute Gasteiger partial charge is 0.112 e. The number of hydrogen-bond donors (Lipinski definition) is 0. The van der Waals surface area contributed by atoms with E-state index in [4.69, 9.17) is 0 Å². The van der Waals surface area contributed by atoms with E-state index in [0.29, 0.717) is 6.04 Å². The minimum absolute atomic E-state index is 0.562. The monoisotopic (exact) mass is 320 g/mol. The first kappa shape index (κ1) is 12.8. The molecule has 0 aromatic carbocycles. The SMILES string of the molecule is CC1CN(c2ccnc3cc(Br)cnc23)CCN1C. The van der Waals surface area contributed by atoms with Gasteiger partial charge in [0.15, 0.2) is 0 Å². The molecule has 0 N–H and O–H groups in total. The topological polar surface area (TPSA) is 32.3 Å². The van der Waals surface area contributed by atoms with Gasteiger partial charge in [0.2, 0.25) is 0 Å². The fourth-order valence-corrected chi connectivity index (χ4v) is 2.83. The Balaban J connectivity index is 2.01. The summed E-state index contributed by atoms with van der Waals surface area (Å²) in [6, 6.07) is 4.65. The van der Waals surface area contributed by atoms with Gasteiger partial charge in [-0.15, -0.1) is 0 Å². The Labute approximate surface area is 121 Å². The number of pyridine rings is 2. The Morgan fingerprint density at radius 1 is 1.32 bits per heavy atom. The lowest BCUT2D eigenvalue weighted by Crippen LogP contribution is -2.50.